The van der Waals surface area contributed by atoms with Gasteiger partial charge in [-0.3, -0.25) is 15.0 Å². The first-order valence-corrected chi connectivity index (χ1v) is 11.4. The highest BCUT2D eigenvalue weighted by Gasteiger charge is 2.42. The quantitative estimate of drug-likeness (QED) is 0.296. The molecule has 1 atom stereocenters. The van der Waals surface area contributed by atoms with E-state index in [0.717, 1.165) is 6.20 Å². The summed E-state index contributed by atoms with van der Waals surface area (Å²) in [5.74, 6) is -2.95. The zero-order chi connectivity index (χ0) is 27.5. The van der Waals surface area contributed by atoms with E-state index in [1.807, 2.05) is 0 Å². The Kier molecular flexibility index (Phi) is 8.23. The maximum atomic E-state index is 14.0. The summed E-state index contributed by atoms with van der Waals surface area (Å²) in [6, 6.07) is 2.04. The van der Waals surface area contributed by atoms with Gasteiger partial charge >= 0.3 is 5.91 Å². The van der Waals surface area contributed by atoms with E-state index in [4.69, 9.17) is 22.1 Å². The second-order valence-electron chi connectivity index (χ2n) is 8.98. The first-order chi connectivity index (χ1) is 17.3. The Balaban J connectivity index is 1.92. The lowest BCUT2D eigenvalue weighted by atomic mass is 10.1. The molecule has 0 aromatic carbocycles. The normalized spacial score (nSPS) is 19.0. The molecule has 0 aliphatic carbocycles. The summed E-state index contributed by atoms with van der Waals surface area (Å²) in [7, 11) is 0. The number of aromatic nitrogens is 2. The Morgan fingerprint density at radius 2 is 2.00 bits per heavy atom. The van der Waals surface area contributed by atoms with Gasteiger partial charge in [-0.05, 0) is 26.8 Å². The molecule has 0 spiro atoms. The number of aryl methyl sites for hydroxylation is 1. The number of quaternary nitrogens is 1. The van der Waals surface area contributed by atoms with Gasteiger partial charge in [-0.25, -0.2) is 18.2 Å². The van der Waals surface area contributed by atoms with Crippen molar-refractivity contribution < 1.29 is 23.4 Å². The first-order valence-electron chi connectivity index (χ1n) is 11.1. The third-order valence-electron chi connectivity index (χ3n) is 5.55. The van der Waals surface area contributed by atoms with Crippen LogP contribution in [0.3, 0.4) is 0 Å². The molecular weight excluding hydrogens is 508 g/mol. The standard InChI is InChI=1S/C25H26ClF2N5O4/c1-14-10-30-19(18(29)5-6-32-25(3,4)13-34)9-21(14)33(36)15(2)7-22(23(26)24(33)35)37-12-20-17(28)8-16(27)11-31-20/h5-11,34H,12-13,29H2,1-4H3/b18-5-,32-6?. The monoisotopic (exact) mass is 533 g/mol. The fraction of sp³-hybridized carbons (Fsp3) is 0.280. The maximum absolute atomic E-state index is 14.0. The van der Waals surface area contributed by atoms with Crippen LogP contribution in [-0.4, -0.2) is 39.3 Å². The third-order valence-corrected chi connectivity index (χ3v) is 5.90. The number of hydrogen-bond donors (Lipinski definition) is 2. The Morgan fingerprint density at radius 3 is 2.65 bits per heavy atom. The van der Waals surface area contributed by atoms with E-state index in [9.17, 15) is 23.9 Å². The zero-order valence-electron chi connectivity index (χ0n) is 20.6. The first kappa shape index (κ1) is 28.1. The van der Waals surface area contributed by atoms with Gasteiger partial charge in [-0.1, -0.05) is 11.6 Å². The van der Waals surface area contributed by atoms with Gasteiger partial charge in [0.2, 0.25) is 0 Å². The summed E-state index contributed by atoms with van der Waals surface area (Å²) in [5.41, 5.74) is 6.08. The van der Waals surface area contributed by atoms with Crippen LogP contribution in [0.15, 0.2) is 58.2 Å². The number of ether oxygens (including phenoxy) is 1. The lowest BCUT2D eigenvalue weighted by Crippen LogP contribution is -2.49. The Bertz CT molecular complexity index is 1350. The molecule has 37 heavy (non-hydrogen) atoms. The number of hydrogen-bond acceptors (Lipinski definition) is 8. The number of hydroxylamine groups is 2. The van der Waals surface area contributed by atoms with E-state index < -0.39 is 39.4 Å². The second kappa shape index (κ2) is 10.9. The molecule has 0 radical (unpaired) electrons. The summed E-state index contributed by atoms with van der Waals surface area (Å²) < 4.78 is 30.9. The highest BCUT2D eigenvalue weighted by Crippen LogP contribution is 2.39. The molecule has 9 nitrogen and oxygen atoms in total. The molecule has 0 saturated carbocycles. The van der Waals surface area contributed by atoms with Crippen LogP contribution in [0, 0.1) is 23.8 Å². The van der Waals surface area contributed by atoms with Gasteiger partial charge in [0.1, 0.15) is 23.8 Å². The number of amides is 1. The highest BCUT2D eigenvalue weighted by molar-refractivity contribution is 6.44. The number of allylic oxidation sites excluding steroid dienone is 3. The van der Waals surface area contributed by atoms with Gasteiger partial charge in [-0.15, -0.1) is 0 Å². The molecule has 0 bridgehead atoms. The summed E-state index contributed by atoms with van der Waals surface area (Å²) in [6.45, 7) is 5.91. The predicted molar refractivity (Wildman–Crippen MR) is 137 cm³/mol. The molecule has 1 unspecified atom stereocenters. The summed E-state index contributed by atoms with van der Waals surface area (Å²) in [5, 5.41) is 22.8. The number of nitrogens with two attached hydrogens (primary N) is 1. The van der Waals surface area contributed by atoms with E-state index in [0.29, 0.717) is 11.6 Å². The Hall–Kier alpha value is -3.51. The van der Waals surface area contributed by atoms with Crippen molar-refractivity contribution in [1.29, 1.82) is 0 Å². The smallest absolute Gasteiger partial charge is 0.370 e. The Morgan fingerprint density at radius 1 is 1.30 bits per heavy atom. The van der Waals surface area contributed by atoms with Gasteiger partial charge in [0.05, 0.1) is 29.7 Å². The van der Waals surface area contributed by atoms with E-state index in [1.54, 1.807) is 20.8 Å². The zero-order valence-corrected chi connectivity index (χ0v) is 21.4. The molecular formula is C25H26ClF2N5O4. The Labute approximate surface area is 217 Å². The van der Waals surface area contributed by atoms with E-state index >= 15 is 0 Å². The number of carbonyl (C=O) groups excluding carboxylic acids is 1. The fourth-order valence-electron chi connectivity index (χ4n) is 3.30. The van der Waals surface area contributed by atoms with Crippen LogP contribution in [0.4, 0.5) is 14.5 Å². The average molecular weight is 534 g/mol. The van der Waals surface area contributed by atoms with E-state index in [2.05, 4.69) is 15.0 Å². The van der Waals surface area contributed by atoms with Crippen molar-refractivity contribution in [2.75, 3.05) is 6.61 Å². The van der Waals surface area contributed by atoms with Gasteiger partial charge in [0.15, 0.2) is 22.3 Å². The molecule has 3 rings (SSSR count). The molecule has 1 aliphatic rings. The molecule has 12 heteroatoms. The molecule has 3 heterocycles. The van der Waals surface area contributed by atoms with Crippen molar-refractivity contribution in [2.24, 2.45) is 10.7 Å². The van der Waals surface area contributed by atoms with Gasteiger partial charge in [0, 0.05) is 43.1 Å². The number of halogens is 3. The largest absolute Gasteiger partial charge is 0.614 e. The molecule has 1 aliphatic heterocycles. The van der Waals surface area contributed by atoms with E-state index in [1.165, 1.54) is 37.6 Å². The minimum Gasteiger partial charge on any atom is -0.614 e. The van der Waals surface area contributed by atoms with Crippen molar-refractivity contribution in [3.05, 3.63) is 87.0 Å². The van der Waals surface area contributed by atoms with Crippen LogP contribution >= 0.6 is 11.6 Å². The highest BCUT2D eigenvalue weighted by atomic mass is 35.5. The number of aliphatic imine (C=N–C) groups is 1. The third kappa shape index (κ3) is 5.91. The van der Waals surface area contributed by atoms with Gasteiger partial charge < -0.3 is 20.8 Å². The van der Waals surface area contributed by atoms with Crippen LogP contribution in [0.2, 0.25) is 0 Å². The van der Waals surface area contributed by atoms with Crippen molar-refractivity contribution >= 4 is 35.1 Å². The summed E-state index contributed by atoms with van der Waals surface area (Å²) >= 11 is 6.22. The number of aliphatic hydroxyl groups is 1. The second-order valence-corrected chi connectivity index (χ2v) is 9.35. The van der Waals surface area contributed by atoms with Gasteiger partial charge in [-0.2, -0.15) is 0 Å². The predicted octanol–water partition coefficient (Wildman–Crippen LogP) is 4.12. The van der Waals surface area contributed by atoms with Crippen molar-refractivity contribution in [3.63, 3.8) is 0 Å². The van der Waals surface area contributed by atoms with Crippen LogP contribution in [0.5, 0.6) is 0 Å². The minimum atomic E-state index is -1.55. The molecule has 0 fully saturated rings. The van der Waals surface area contributed by atoms with Crippen molar-refractivity contribution in [2.45, 2.75) is 39.8 Å². The lowest BCUT2D eigenvalue weighted by molar-refractivity contribution is -0.122. The number of rotatable bonds is 8. The number of carbonyl (C=O) groups is 1. The average Bonchev–Trinajstić information content (AvgIpc) is 2.85. The van der Waals surface area contributed by atoms with Crippen molar-refractivity contribution in [1.82, 2.24) is 14.6 Å². The SMILES string of the molecule is CC1=CC(OCc2ncc(F)cc2F)=C(Cl)C(=O)[N+]1([O-])c1cc(/C(N)=C/C=NC(C)(C)CO)ncc1C. The molecule has 196 valence electrons. The summed E-state index contributed by atoms with van der Waals surface area (Å²) in [4.78, 5) is 25.3. The molecule has 3 N–H and O–H groups in total. The lowest BCUT2D eigenvalue weighted by Gasteiger charge is -2.41. The summed E-state index contributed by atoms with van der Waals surface area (Å²) in [6.07, 6.45) is 6.41. The number of aliphatic hydroxyl groups excluding tert-OH is 1. The number of pyridine rings is 2. The van der Waals surface area contributed by atoms with E-state index in [-0.39, 0.29) is 40.8 Å². The maximum Gasteiger partial charge on any atom is 0.370 e. The van der Waals surface area contributed by atoms with Gasteiger partial charge in [0.25, 0.3) is 0 Å². The molecule has 2 aromatic rings. The fourth-order valence-corrected chi connectivity index (χ4v) is 3.53. The molecule has 0 saturated heterocycles. The molecule has 2 aromatic heterocycles. The van der Waals surface area contributed by atoms with Crippen LogP contribution in [-0.2, 0) is 16.1 Å². The topological polar surface area (TPSA) is 134 Å². The molecule has 1 amide bonds. The van der Waals surface area contributed by atoms with Crippen LogP contribution in [0.1, 0.15) is 37.7 Å². The minimum absolute atomic E-state index is 0.0194. The number of nitrogens with zero attached hydrogens (tertiary/aromatic N) is 4. The van der Waals surface area contributed by atoms with Crippen LogP contribution < -0.4 is 10.4 Å². The van der Waals surface area contributed by atoms with Crippen LogP contribution in [0.25, 0.3) is 5.70 Å². The van der Waals surface area contributed by atoms with Crippen molar-refractivity contribution in [3.8, 4) is 0 Å².